The number of nitrogens with one attached hydrogen (secondary N) is 1. The van der Waals surface area contributed by atoms with Crippen LogP contribution < -0.4 is 10.1 Å². The largest absolute Gasteiger partial charge is 0.508 e. The van der Waals surface area contributed by atoms with Gasteiger partial charge in [-0.25, -0.2) is 4.79 Å². The Kier molecular flexibility index (Phi) is 13.8. The van der Waals surface area contributed by atoms with E-state index in [2.05, 4.69) is 103 Å². The predicted octanol–water partition coefficient (Wildman–Crippen LogP) is 8.51. The van der Waals surface area contributed by atoms with E-state index in [9.17, 15) is 40.5 Å². The predicted molar refractivity (Wildman–Crippen MR) is 217 cm³/mol. The van der Waals surface area contributed by atoms with Crippen LogP contribution in [0.4, 0.5) is 0 Å². The molecule has 0 bridgehead atoms. The summed E-state index contributed by atoms with van der Waals surface area (Å²) >= 11 is 0. The Hall–Kier alpha value is -6.56. The van der Waals surface area contributed by atoms with Gasteiger partial charge in [0.15, 0.2) is 34.9 Å². The highest BCUT2D eigenvalue weighted by molar-refractivity contribution is 5.91. The van der Waals surface area contributed by atoms with Crippen molar-refractivity contribution in [1.82, 2.24) is 5.32 Å². The van der Waals surface area contributed by atoms with Crippen LogP contribution in [0.1, 0.15) is 69.6 Å². The summed E-state index contributed by atoms with van der Waals surface area (Å²) in [7, 11) is 0. The van der Waals surface area contributed by atoms with Crippen molar-refractivity contribution in [2.75, 3.05) is 6.54 Å². The summed E-state index contributed by atoms with van der Waals surface area (Å²) in [6.07, 6.45) is -1.04. The molecule has 0 radical (unpaired) electrons. The third-order valence-electron chi connectivity index (χ3n) is 9.65. The minimum Gasteiger partial charge on any atom is -0.508 e. The Balaban J connectivity index is 0.000000222. The number of esters is 1. The minimum absolute atomic E-state index is 0. The number of phenolic OH excluding ortho intramolecular Hbond substituents is 7. The first kappa shape index (κ1) is 41.6. The van der Waals surface area contributed by atoms with E-state index in [4.69, 9.17) is 9.47 Å². The van der Waals surface area contributed by atoms with Gasteiger partial charge in [-0.3, -0.25) is 0 Å². The van der Waals surface area contributed by atoms with Gasteiger partial charge in [-0.05, 0) is 60.8 Å². The molecule has 1 heterocycles. The number of carbonyl (C=O) groups excluding carboxylic acids is 1. The average molecular weight is 794 g/mol. The maximum absolute atomic E-state index is 12.7. The average Bonchev–Trinajstić information content (AvgIpc) is 3.20. The molecule has 1 aliphatic rings. The van der Waals surface area contributed by atoms with Crippen molar-refractivity contribution in [2.45, 2.75) is 43.9 Å². The topological polar surface area (TPSA) is 189 Å². The summed E-state index contributed by atoms with van der Waals surface area (Å²) in [6, 6.07) is 40.7. The molecule has 57 heavy (non-hydrogen) atoms. The highest BCUT2D eigenvalue weighted by Crippen LogP contribution is 2.44. The van der Waals surface area contributed by atoms with Crippen LogP contribution in [0.25, 0.3) is 0 Å². The second-order valence-corrected chi connectivity index (χ2v) is 13.5. The molecule has 6 aromatic carbocycles. The zero-order valence-electron chi connectivity index (χ0n) is 30.9. The van der Waals surface area contributed by atoms with Crippen molar-refractivity contribution in [1.29, 1.82) is 0 Å². The summed E-state index contributed by atoms with van der Waals surface area (Å²) in [6.45, 7) is 3.22. The Morgan fingerprint density at radius 2 is 1.25 bits per heavy atom. The molecule has 8 N–H and O–H groups in total. The number of ether oxygens (including phenoxy) is 2. The molecule has 1 aliphatic heterocycles. The van der Waals surface area contributed by atoms with Gasteiger partial charge in [0.25, 0.3) is 0 Å². The standard InChI is InChI=1S/C23H25N.C22H18O10.ClH/c1-19(20-11-5-2-6-12-20)24-18-17-23(21-13-7-3-8-14-21)22-15-9-4-10-16-22;23-11-6-14(25)12-8-19(32-22(30)10-4-16(27)20(29)17(28)5-10)21(31-18(12)7-11)9-1-2-13(24)15(26)3-9;/h2-16,19,23-24H,17-18H2,1H3;1-7,19,21,23-29H,8H2;1H. The summed E-state index contributed by atoms with van der Waals surface area (Å²) in [5, 5.41) is 71.9. The molecule has 3 unspecified atom stereocenters. The molecule has 6 aromatic rings. The van der Waals surface area contributed by atoms with Gasteiger partial charge < -0.3 is 50.5 Å². The quantitative estimate of drug-likeness (QED) is 0.0490. The van der Waals surface area contributed by atoms with Crippen molar-refractivity contribution < 1.29 is 50.0 Å². The molecule has 296 valence electrons. The molecule has 0 saturated heterocycles. The van der Waals surface area contributed by atoms with Crippen LogP contribution in [0.2, 0.25) is 0 Å². The first-order valence-corrected chi connectivity index (χ1v) is 18.1. The molecule has 7 rings (SSSR count). The Labute approximate surface area is 336 Å². The molecule has 3 atom stereocenters. The van der Waals surface area contributed by atoms with E-state index >= 15 is 0 Å². The molecular formula is C45H44ClNO10. The molecule has 0 fully saturated rings. The number of hydrogen-bond donors (Lipinski definition) is 8. The minimum atomic E-state index is -1.06. The monoisotopic (exact) mass is 793 g/mol. The zero-order chi connectivity index (χ0) is 39.8. The Bertz CT molecular complexity index is 2190. The molecule has 12 heteroatoms. The molecule has 0 spiro atoms. The van der Waals surface area contributed by atoms with E-state index in [1.165, 1.54) is 41.0 Å². The van der Waals surface area contributed by atoms with E-state index < -0.39 is 41.2 Å². The highest BCUT2D eigenvalue weighted by atomic mass is 35.5. The van der Waals surface area contributed by atoms with Crippen LogP contribution in [0.3, 0.4) is 0 Å². The van der Waals surface area contributed by atoms with Crippen molar-refractivity contribution in [3.8, 4) is 46.0 Å². The Morgan fingerprint density at radius 3 is 1.81 bits per heavy atom. The summed E-state index contributed by atoms with van der Waals surface area (Å²) in [5.41, 5.74) is 4.44. The van der Waals surface area contributed by atoms with Crippen molar-refractivity contribution in [3.63, 3.8) is 0 Å². The fourth-order valence-corrected chi connectivity index (χ4v) is 6.68. The number of rotatable bonds is 10. The van der Waals surface area contributed by atoms with Gasteiger partial charge in [-0.15, -0.1) is 12.4 Å². The fraction of sp³-hybridized carbons (Fsp3) is 0.178. The summed E-state index contributed by atoms with van der Waals surface area (Å²) < 4.78 is 11.4. The smallest absolute Gasteiger partial charge is 0.338 e. The normalized spacial score (nSPS) is 14.8. The number of halogens is 1. The van der Waals surface area contributed by atoms with Gasteiger partial charge in [-0.2, -0.15) is 0 Å². The van der Waals surface area contributed by atoms with Gasteiger partial charge in [0.05, 0.1) is 5.56 Å². The number of carbonyl (C=O) groups is 1. The number of aromatic hydroxyl groups is 7. The first-order valence-electron chi connectivity index (χ1n) is 18.1. The number of hydrogen-bond acceptors (Lipinski definition) is 11. The van der Waals surface area contributed by atoms with Crippen LogP contribution >= 0.6 is 12.4 Å². The van der Waals surface area contributed by atoms with Gasteiger partial charge in [0, 0.05) is 41.6 Å². The van der Waals surface area contributed by atoms with Gasteiger partial charge >= 0.3 is 5.97 Å². The maximum atomic E-state index is 12.7. The molecule has 11 nitrogen and oxygen atoms in total. The lowest BCUT2D eigenvalue weighted by molar-refractivity contribution is -0.0189. The van der Waals surface area contributed by atoms with Crippen molar-refractivity contribution >= 4 is 18.4 Å². The fourth-order valence-electron chi connectivity index (χ4n) is 6.68. The van der Waals surface area contributed by atoms with E-state index in [1.54, 1.807) is 0 Å². The van der Waals surface area contributed by atoms with Gasteiger partial charge in [-0.1, -0.05) is 97.1 Å². The highest BCUT2D eigenvalue weighted by Gasteiger charge is 2.37. The van der Waals surface area contributed by atoms with Gasteiger partial charge in [0.1, 0.15) is 23.4 Å². The molecule has 0 saturated carbocycles. The van der Waals surface area contributed by atoms with Crippen LogP contribution in [-0.2, 0) is 11.2 Å². The third kappa shape index (κ3) is 10.2. The summed E-state index contributed by atoms with van der Waals surface area (Å²) in [5.74, 6) is -4.00. The number of fused-ring (bicyclic) bond motifs is 1. The van der Waals surface area contributed by atoms with E-state index in [0.29, 0.717) is 17.5 Å². The Morgan fingerprint density at radius 1 is 0.684 bits per heavy atom. The second-order valence-electron chi connectivity index (χ2n) is 13.5. The van der Waals surface area contributed by atoms with E-state index in [-0.39, 0.29) is 53.0 Å². The summed E-state index contributed by atoms with van der Waals surface area (Å²) in [4.78, 5) is 12.7. The number of benzene rings is 6. The lowest BCUT2D eigenvalue weighted by Crippen LogP contribution is -2.34. The van der Waals surface area contributed by atoms with Crippen molar-refractivity contribution in [2.24, 2.45) is 0 Å². The van der Waals surface area contributed by atoms with E-state index in [0.717, 1.165) is 31.2 Å². The molecule has 0 aliphatic carbocycles. The second kappa shape index (κ2) is 18.9. The third-order valence-corrected chi connectivity index (χ3v) is 9.65. The zero-order valence-corrected chi connectivity index (χ0v) is 31.7. The lowest BCUT2D eigenvalue weighted by Gasteiger charge is -2.34. The molecule has 0 aromatic heterocycles. The lowest BCUT2D eigenvalue weighted by atomic mass is 9.88. The number of phenols is 7. The van der Waals surface area contributed by atoms with Crippen LogP contribution in [0.15, 0.2) is 133 Å². The van der Waals surface area contributed by atoms with Crippen LogP contribution in [0.5, 0.6) is 46.0 Å². The molecule has 0 amide bonds. The van der Waals surface area contributed by atoms with Crippen LogP contribution in [-0.4, -0.2) is 54.4 Å². The van der Waals surface area contributed by atoms with Crippen molar-refractivity contribution in [3.05, 3.63) is 167 Å². The maximum Gasteiger partial charge on any atom is 0.338 e. The van der Waals surface area contributed by atoms with E-state index in [1.807, 2.05) is 0 Å². The van der Waals surface area contributed by atoms with Crippen LogP contribution in [0, 0.1) is 0 Å². The molecular weight excluding hydrogens is 750 g/mol. The SMILES string of the molecule is CC(NCCC(c1ccccc1)c1ccccc1)c1ccccc1.Cl.O=C(OC1Cc2c(O)cc(O)cc2OC1c1ccc(O)c(O)c1)c1cc(O)c(O)c(O)c1. The first-order chi connectivity index (χ1) is 27.0. The van der Waals surface area contributed by atoms with Gasteiger partial charge in [0.2, 0.25) is 0 Å².